The average Bonchev–Trinajstić information content (AvgIpc) is 2.99. The number of esters is 1. The number of carbonyl (C=O) groups is 2. The third-order valence-corrected chi connectivity index (χ3v) is 8.21. The summed E-state index contributed by atoms with van der Waals surface area (Å²) < 4.78 is 5.31. The van der Waals surface area contributed by atoms with Gasteiger partial charge in [-0.15, -0.1) is 0 Å². The van der Waals surface area contributed by atoms with Crippen molar-refractivity contribution < 1.29 is 19.4 Å². The molecule has 0 unspecified atom stereocenters. The van der Waals surface area contributed by atoms with Crippen LogP contribution in [0.1, 0.15) is 194 Å². The number of allylic oxidation sites excluding steroid dienone is 2. The summed E-state index contributed by atoms with van der Waals surface area (Å²) in [6, 6.07) is -0.952. The van der Waals surface area contributed by atoms with Gasteiger partial charge in [-0.3, -0.25) is 4.79 Å². The van der Waals surface area contributed by atoms with E-state index in [1.807, 2.05) is 0 Å². The van der Waals surface area contributed by atoms with Crippen molar-refractivity contribution in [3.05, 3.63) is 12.2 Å². The molecule has 0 rings (SSSR count). The lowest BCUT2D eigenvalue weighted by atomic mass is 10.0. The van der Waals surface area contributed by atoms with E-state index in [1.54, 1.807) is 0 Å². The van der Waals surface area contributed by atoms with Gasteiger partial charge in [-0.2, -0.15) is 0 Å². The second-order valence-electron chi connectivity index (χ2n) is 12.4. The molecule has 0 aromatic heterocycles. The van der Waals surface area contributed by atoms with Gasteiger partial charge in [0.25, 0.3) is 0 Å². The monoisotopic (exact) mass is 594 g/mol. The van der Waals surface area contributed by atoms with Gasteiger partial charge in [-0.05, 0) is 38.5 Å². The first-order valence-electron chi connectivity index (χ1n) is 18.4. The number of hydrogen-bond acceptors (Lipinski definition) is 4. The molecule has 0 aromatic carbocycles. The predicted molar refractivity (Wildman–Crippen MR) is 180 cm³/mol. The second-order valence-corrected chi connectivity index (χ2v) is 12.4. The van der Waals surface area contributed by atoms with Crippen LogP contribution in [0.2, 0.25) is 0 Å². The molecule has 0 saturated carbocycles. The van der Waals surface area contributed by atoms with E-state index < -0.39 is 18.6 Å². The zero-order chi connectivity index (χ0) is 30.8. The van der Waals surface area contributed by atoms with E-state index in [9.17, 15) is 14.7 Å². The zero-order valence-corrected chi connectivity index (χ0v) is 28.1. The topological polar surface area (TPSA) is 75.6 Å². The number of hydrogen-bond donors (Lipinski definition) is 2. The predicted octanol–water partition coefficient (Wildman–Crippen LogP) is 10.5. The van der Waals surface area contributed by atoms with Crippen molar-refractivity contribution in [3.63, 3.8) is 0 Å². The van der Waals surface area contributed by atoms with Crippen molar-refractivity contribution in [2.75, 3.05) is 13.2 Å². The molecule has 0 aromatic rings. The molecule has 0 heterocycles. The normalized spacial score (nSPS) is 12.2. The zero-order valence-electron chi connectivity index (χ0n) is 28.1. The summed E-state index contributed by atoms with van der Waals surface area (Å²) in [5, 5.41) is 12.2. The Kier molecular flexibility index (Phi) is 33.0. The van der Waals surface area contributed by atoms with Crippen LogP contribution in [0.15, 0.2) is 12.2 Å². The Morgan fingerprint density at radius 2 is 0.952 bits per heavy atom. The molecule has 1 amide bonds. The van der Waals surface area contributed by atoms with E-state index in [2.05, 4.69) is 31.3 Å². The molecule has 0 aliphatic carbocycles. The number of unbranched alkanes of at least 4 members (excludes halogenated alkanes) is 24. The fourth-order valence-electron chi connectivity index (χ4n) is 5.37. The number of ether oxygens (including phenoxy) is 1. The quantitative estimate of drug-likeness (QED) is 0.0451. The Hall–Kier alpha value is -1.36. The maximum Gasteiger partial charge on any atom is 0.331 e. The van der Waals surface area contributed by atoms with Gasteiger partial charge >= 0.3 is 5.97 Å². The third kappa shape index (κ3) is 30.1. The molecule has 0 bridgehead atoms. The van der Waals surface area contributed by atoms with Gasteiger partial charge in [0, 0.05) is 6.42 Å². The maximum absolute atomic E-state index is 12.3. The molecule has 0 spiro atoms. The highest BCUT2D eigenvalue weighted by atomic mass is 16.5. The molecule has 0 fully saturated rings. The van der Waals surface area contributed by atoms with Crippen LogP contribution < -0.4 is 5.32 Å². The van der Waals surface area contributed by atoms with Crippen LogP contribution in [0.5, 0.6) is 0 Å². The van der Waals surface area contributed by atoms with E-state index in [4.69, 9.17) is 4.74 Å². The van der Waals surface area contributed by atoms with Crippen LogP contribution in [-0.2, 0) is 14.3 Å². The Morgan fingerprint density at radius 3 is 1.38 bits per heavy atom. The van der Waals surface area contributed by atoms with Crippen LogP contribution in [0, 0.1) is 0 Å². The lowest BCUT2D eigenvalue weighted by molar-refractivity contribution is -0.149. The first kappa shape index (κ1) is 40.6. The van der Waals surface area contributed by atoms with E-state index >= 15 is 0 Å². The summed E-state index contributed by atoms with van der Waals surface area (Å²) in [7, 11) is 0. The van der Waals surface area contributed by atoms with Crippen molar-refractivity contribution in [2.45, 2.75) is 200 Å². The lowest BCUT2D eigenvalue weighted by Gasteiger charge is -2.15. The van der Waals surface area contributed by atoms with Crippen molar-refractivity contribution >= 4 is 11.9 Å². The molecule has 42 heavy (non-hydrogen) atoms. The molecule has 1 atom stereocenters. The summed E-state index contributed by atoms with van der Waals surface area (Å²) in [4.78, 5) is 24.5. The van der Waals surface area contributed by atoms with E-state index in [0.29, 0.717) is 13.0 Å². The van der Waals surface area contributed by atoms with Gasteiger partial charge in [0.05, 0.1) is 13.2 Å². The summed E-state index contributed by atoms with van der Waals surface area (Å²) in [6.07, 6.45) is 38.9. The SMILES string of the molecule is CCCCCCCCC=CCCCCCCCC(=O)N[C@@H](CO)C(=O)OCCCCCCCCCCCCCCCC. The van der Waals surface area contributed by atoms with Gasteiger partial charge in [0.2, 0.25) is 5.91 Å². The first-order chi connectivity index (χ1) is 20.7. The van der Waals surface area contributed by atoms with E-state index in [0.717, 1.165) is 38.5 Å². The van der Waals surface area contributed by atoms with Crippen molar-refractivity contribution in [2.24, 2.45) is 0 Å². The smallest absolute Gasteiger partial charge is 0.331 e. The van der Waals surface area contributed by atoms with Gasteiger partial charge in [-0.25, -0.2) is 4.79 Å². The van der Waals surface area contributed by atoms with Crippen molar-refractivity contribution in [1.82, 2.24) is 5.32 Å². The first-order valence-corrected chi connectivity index (χ1v) is 18.4. The minimum atomic E-state index is -0.952. The fraction of sp³-hybridized carbons (Fsp3) is 0.892. The Bertz CT molecular complexity index is 607. The van der Waals surface area contributed by atoms with E-state index in [-0.39, 0.29) is 5.91 Å². The summed E-state index contributed by atoms with van der Waals surface area (Å²) in [5.74, 6) is -0.704. The van der Waals surface area contributed by atoms with Gasteiger partial charge in [-0.1, -0.05) is 161 Å². The largest absolute Gasteiger partial charge is 0.464 e. The number of nitrogens with one attached hydrogen (secondary N) is 1. The second kappa shape index (κ2) is 34.1. The van der Waals surface area contributed by atoms with Crippen molar-refractivity contribution in [1.29, 1.82) is 0 Å². The molecule has 5 nitrogen and oxygen atoms in total. The minimum absolute atomic E-state index is 0.180. The molecule has 0 saturated heterocycles. The fourth-order valence-corrected chi connectivity index (χ4v) is 5.37. The lowest BCUT2D eigenvalue weighted by Crippen LogP contribution is -2.44. The standard InChI is InChI=1S/C37H71NO4/c1-3-5-7-9-11-13-15-17-19-20-22-24-26-28-30-32-36(40)38-35(34-39)37(41)42-33-31-29-27-25-23-21-18-16-14-12-10-8-6-4-2/h17,19,35,39H,3-16,18,20-34H2,1-2H3,(H,38,40)/t35-/m0/s1. The molecule has 0 aliphatic heterocycles. The number of amides is 1. The minimum Gasteiger partial charge on any atom is -0.464 e. The van der Waals surface area contributed by atoms with Crippen molar-refractivity contribution in [3.8, 4) is 0 Å². The Labute approximate surface area is 261 Å². The van der Waals surface area contributed by atoms with Crippen LogP contribution >= 0.6 is 0 Å². The summed E-state index contributed by atoms with van der Waals surface area (Å²) >= 11 is 0. The number of aliphatic hydroxyl groups is 1. The molecule has 0 radical (unpaired) electrons. The van der Waals surface area contributed by atoms with E-state index in [1.165, 1.54) is 135 Å². The van der Waals surface area contributed by atoms with Crippen LogP contribution in [0.3, 0.4) is 0 Å². The maximum atomic E-state index is 12.3. The Morgan fingerprint density at radius 1 is 0.571 bits per heavy atom. The molecule has 5 heteroatoms. The van der Waals surface area contributed by atoms with Gasteiger partial charge in [0.1, 0.15) is 0 Å². The van der Waals surface area contributed by atoms with Crippen LogP contribution in [0.4, 0.5) is 0 Å². The highest BCUT2D eigenvalue weighted by Crippen LogP contribution is 2.13. The number of carbonyl (C=O) groups excluding carboxylic acids is 2. The molecule has 248 valence electrons. The molecule has 0 aliphatic rings. The van der Waals surface area contributed by atoms with Gasteiger partial charge < -0.3 is 15.2 Å². The van der Waals surface area contributed by atoms with Gasteiger partial charge in [0.15, 0.2) is 6.04 Å². The number of rotatable bonds is 33. The van der Waals surface area contributed by atoms with Crippen LogP contribution in [-0.4, -0.2) is 36.2 Å². The number of aliphatic hydroxyl groups excluding tert-OH is 1. The third-order valence-electron chi connectivity index (χ3n) is 8.21. The average molecular weight is 594 g/mol. The Balaban J connectivity index is 3.56. The summed E-state index contributed by atoms with van der Waals surface area (Å²) in [6.45, 7) is 4.46. The summed E-state index contributed by atoms with van der Waals surface area (Å²) in [5.41, 5.74) is 0. The highest BCUT2D eigenvalue weighted by molar-refractivity contribution is 5.84. The molecular weight excluding hydrogens is 522 g/mol. The molecular formula is C37H71NO4. The van der Waals surface area contributed by atoms with Crippen LogP contribution in [0.25, 0.3) is 0 Å². The molecule has 2 N–H and O–H groups in total. The highest BCUT2D eigenvalue weighted by Gasteiger charge is 2.21.